The lowest BCUT2D eigenvalue weighted by atomic mass is 10.1. The smallest absolute Gasteiger partial charge is 0.0195 e. The summed E-state index contributed by atoms with van der Waals surface area (Å²) in [4.78, 5) is 2.66. The molecular weight excluding hydrogens is 196 g/mol. The largest absolute Gasteiger partial charge is 0.313 e. The number of hydrogen-bond acceptors (Lipinski definition) is 2. The first kappa shape index (κ1) is 14.0. The normalized spacial score (nSPS) is 20.4. The number of nitrogens with zero attached hydrogens (tertiary/aromatic N) is 1. The minimum atomic E-state index is 0.650. The Labute approximate surface area is 102 Å². The van der Waals surface area contributed by atoms with Crippen molar-refractivity contribution in [1.82, 2.24) is 10.2 Å². The first-order valence-corrected chi connectivity index (χ1v) is 7.03. The van der Waals surface area contributed by atoms with Crippen molar-refractivity contribution in [2.24, 2.45) is 5.92 Å². The van der Waals surface area contributed by atoms with Gasteiger partial charge in [0.05, 0.1) is 0 Å². The molecule has 0 amide bonds. The Hall–Kier alpha value is -0.0800. The van der Waals surface area contributed by atoms with Crippen LogP contribution in [-0.4, -0.2) is 36.1 Å². The molecule has 1 aliphatic carbocycles. The van der Waals surface area contributed by atoms with Crippen LogP contribution >= 0.6 is 0 Å². The standard InChI is InChI=1S/C14H30N2/c1-6-12(4)15-9-13(5)16(11(2)3)10-14-7-8-14/h11-15H,6-10H2,1-5H3. The maximum Gasteiger partial charge on any atom is 0.0195 e. The van der Waals surface area contributed by atoms with Crippen LogP contribution in [0.3, 0.4) is 0 Å². The molecule has 2 heteroatoms. The van der Waals surface area contributed by atoms with E-state index in [0.717, 1.165) is 12.5 Å². The van der Waals surface area contributed by atoms with Gasteiger partial charge in [-0.05, 0) is 52.9 Å². The van der Waals surface area contributed by atoms with E-state index in [1.54, 1.807) is 0 Å². The average molecular weight is 226 g/mol. The summed E-state index contributed by atoms with van der Waals surface area (Å²) in [6, 6.07) is 1.99. The number of hydrogen-bond donors (Lipinski definition) is 1. The maximum atomic E-state index is 3.62. The molecule has 2 nitrogen and oxygen atoms in total. The molecule has 2 unspecified atom stereocenters. The summed E-state index contributed by atoms with van der Waals surface area (Å²) in [5, 5.41) is 3.62. The molecule has 0 spiro atoms. The highest BCUT2D eigenvalue weighted by Gasteiger charge is 2.27. The van der Waals surface area contributed by atoms with Gasteiger partial charge in [-0.25, -0.2) is 0 Å². The first-order valence-electron chi connectivity index (χ1n) is 7.03. The Morgan fingerprint density at radius 3 is 2.25 bits per heavy atom. The minimum absolute atomic E-state index is 0.650. The van der Waals surface area contributed by atoms with Crippen LogP contribution in [0.2, 0.25) is 0 Å². The van der Waals surface area contributed by atoms with E-state index in [1.807, 2.05) is 0 Å². The van der Waals surface area contributed by atoms with E-state index in [4.69, 9.17) is 0 Å². The van der Waals surface area contributed by atoms with E-state index >= 15 is 0 Å². The van der Waals surface area contributed by atoms with Gasteiger partial charge in [0.15, 0.2) is 0 Å². The molecule has 0 heterocycles. The highest BCUT2D eigenvalue weighted by molar-refractivity contribution is 4.82. The fourth-order valence-corrected chi connectivity index (χ4v) is 2.13. The quantitative estimate of drug-likeness (QED) is 0.684. The van der Waals surface area contributed by atoms with Crippen molar-refractivity contribution in [3.05, 3.63) is 0 Å². The third kappa shape index (κ3) is 4.84. The van der Waals surface area contributed by atoms with E-state index in [-0.39, 0.29) is 0 Å². The summed E-state index contributed by atoms with van der Waals surface area (Å²) >= 11 is 0. The molecule has 1 aliphatic rings. The van der Waals surface area contributed by atoms with Gasteiger partial charge in [-0.15, -0.1) is 0 Å². The Morgan fingerprint density at radius 1 is 1.19 bits per heavy atom. The molecule has 1 rings (SSSR count). The Morgan fingerprint density at radius 2 is 1.81 bits per heavy atom. The molecule has 0 aromatic rings. The molecule has 0 aromatic heterocycles. The molecule has 0 aromatic carbocycles. The Bertz CT molecular complexity index is 187. The summed E-state index contributed by atoms with van der Waals surface area (Å²) in [6.45, 7) is 13.9. The van der Waals surface area contributed by atoms with Gasteiger partial charge in [0, 0.05) is 31.2 Å². The lowest BCUT2D eigenvalue weighted by Crippen LogP contribution is -2.46. The molecule has 1 N–H and O–H groups in total. The van der Waals surface area contributed by atoms with Crippen molar-refractivity contribution in [1.29, 1.82) is 0 Å². The molecule has 0 aliphatic heterocycles. The molecule has 2 atom stereocenters. The zero-order chi connectivity index (χ0) is 12.1. The zero-order valence-electron chi connectivity index (χ0n) is 11.8. The summed E-state index contributed by atoms with van der Waals surface area (Å²) in [5.41, 5.74) is 0. The van der Waals surface area contributed by atoms with Crippen molar-refractivity contribution in [2.75, 3.05) is 13.1 Å². The molecule has 0 radical (unpaired) electrons. The second-order valence-electron chi connectivity index (χ2n) is 5.80. The Balaban J connectivity index is 2.30. The molecule has 16 heavy (non-hydrogen) atoms. The van der Waals surface area contributed by atoms with E-state index in [2.05, 4.69) is 44.8 Å². The summed E-state index contributed by atoms with van der Waals surface area (Å²) < 4.78 is 0. The fraction of sp³-hybridized carbons (Fsp3) is 1.00. The fourth-order valence-electron chi connectivity index (χ4n) is 2.13. The first-order chi connectivity index (χ1) is 7.54. The van der Waals surface area contributed by atoms with Crippen LogP contribution in [0.15, 0.2) is 0 Å². The van der Waals surface area contributed by atoms with Crippen LogP contribution in [0.1, 0.15) is 53.9 Å². The minimum Gasteiger partial charge on any atom is -0.313 e. The SMILES string of the molecule is CCC(C)NCC(C)N(CC1CC1)C(C)C. The van der Waals surface area contributed by atoms with E-state index in [1.165, 1.54) is 25.8 Å². The van der Waals surface area contributed by atoms with Gasteiger partial charge in [0.25, 0.3) is 0 Å². The molecule has 1 fully saturated rings. The predicted octanol–water partition coefficient (Wildman–Crippen LogP) is 2.88. The van der Waals surface area contributed by atoms with Crippen LogP contribution in [0.25, 0.3) is 0 Å². The summed E-state index contributed by atoms with van der Waals surface area (Å²) in [6.07, 6.45) is 4.13. The van der Waals surface area contributed by atoms with Crippen LogP contribution in [0.5, 0.6) is 0 Å². The van der Waals surface area contributed by atoms with Gasteiger partial charge in [-0.1, -0.05) is 6.92 Å². The van der Waals surface area contributed by atoms with Gasteiger partial charge in [0.1, 0.15) is 0 Å². The van der Waals surface area contributed by atoms with Crippen LogP contribution < -0.4 is 5.32 Å². The zero-order valence-corrected chi connectivity index (χ0v) is 11.8. The highest BCUT2D eigenvalue weighted by atomic mass is 15.2. The predicted molar refractivity (Wildman–Crippen MR) is 71.8 cm³/mol. The average Bonchev–Trinajstić information content (AvgIpc) is 3.05. The third-order valence-electron chi connectivity index (χ3n) is 3.77. The van der Waals surface area contributed by atoms with Crippen molar-refractivity contribution < 1.29 is 0 Å². The van der Waals surface area contributed by atoms with Crippen LogP contribution in [0.4, 0.5) is 0 Å². The van der Waals surface area contributed by atoms with Gasteiger partial charge in [0.2, 0.25) is 0 Å². The highest BCUT2D eigenvalue weighted by Crippen LogP contribution is 2.30. The van der Waals surface area contributed by atoms with E-state index in [9.17, 15) is 0 Å². The topological polar surface area (TPSA) is 15.3 Å². The van der Waals surface area contributed by atoms with Crippen molar-refractivity contribution in [3.8, 4) is 0 Å². The molecule has 1 saturated carbocycles. The number of nitrogens with one attached hydrogen (secondary N) is 1. The van der Waals surface area contributed by atoms with Gasteiger partial charge in [-0.3, -0.25) is 4.90 Å². The molecule has 0 bridgehead atoms. The lowest BCUT2D eigenvalue weighted by molar-refractivity contribution is 0.151. The van der Waals surface area contributed by atoms with E-state index < -0.39 is 0 Å². The van der Waals surface area contributed by atoms with E-state index in [0.29, 0.717) is 18.1 Å². The second kappa shape index (κ2) is 6.61. The van der Waals surface area contributed by atoms with Crippen molar-refractivity contribution >= 4 is 0 Å². The monoisotopic (exact) mass is 226 g/mol. The number of rotatable bonds is 8. The van der Waals surface area contributed by atoms with Gasteiger partial charge >= 0.3 is 0 Å². The molecule has 0 saturated heterocycles. The van der Waals surface area contributed by atoms with Gasteiger partial charge < -0.3 is 5.32 Å². The second-order valence-corrected chi connectivity index (χ2v) is 5.80. The summed E-state index contributed by atoms with van der Waals surface area (Å²) in [7, 11) is 0. The Kier molecular flexibility index (Phi) is 5.77. The maximum absolute atomic E-state index is 3.62. The summed E-state index contributed by atoms with van der Waals surface area (Å²) in [5.74, 6) is 0.994. The third-order valence-corrected chi connectivity index (χ3v) is 3.77. The van der Waals surface area contributed by atoms with Crippen molar-refractivity contribution in [2.45, 2.75) is 72.0 Å². The lowest BCUT2D eigenvalue weighted by Gasteiger charge is -2.33. The molecular formula is C14H30N2. The van der Waals surface area contributed by atoms with Gasteiger partial charge in [-0.2, -0.15) is 0 Å². The van der Waals surface area contributed by atoms with Crippen LogP contribution in [-0.2, 0) is 0 Å². The van der Waals surface area contributed by atoms with Crippen LogP contribution in [0, 0.1) is 5.92 Å². The van der Waals surface area contributed by atoms with Crippen molar-refractivity contribution in [3.63, 3.8) is 0 Å². The molecule has 96 valence electrons.